The SMILES string of the molecule is CCNC(=O)[C@H](C)N(Cc1ccccc1C)C(=O)CN(c1cc(C)ccc1OC)S(=O)(=O)c1ccccc1. The van der Waals surface area contributed by atoms with Gasteiger partial charge < -0.3 is 15.0 Å². The van der Waals surface area contributed by atoms with E-state index in [-0.39, 0.29) is 23.0 Å². The number of ether oxygens (including phenoxy) is 1. The van der Waals surface area contributed by atoms with E-state index in [4.69, 9.17) is 4.74 Å². The number of benzene rings is 3. The standard InChI is InChI=1S/C29H35N3O5S/c1-6-30-29(34)23(4)31(19-24-13-11-10-12-22(24)3)28(33)20-32(26-18-21(2)16-17-27(26)37-5)38(35,36)25-14-8-7-9-15-25/h7-18,23H,6,19-20H2,1-5H3,(H,30,34)/t23-/m0/s1. The predicted molar refractivity (Wildman–Crippen MR) is 149 cm³/mol. The number of aryl methyl sites for hydroxylation is 2. The second-order valence-corrected chi connectivity index (χ2v) is 10.9. The molecule has 0 aliphatic carbocycles. The largest absolute Gasteiger partial charge is 0.495 e. The summed E-state index contributed by atoms with van der Waals surface area (Å²) in [6.45, 7) is 7.24. The zero-order valence-corrected chi connectivity index (χ0v) is 23.3. The minimum absolute atomic E-state index is 0.0404. The molecule has 0 heterocycles. The van der Waals surface area contributed by atoms with Crippen LogP contribution >= 0.6 is 0 Å². The summed E-state index contributed by atoms with van der Waals surface area (Å²) in [5.41, 5.74) is 2.87. The fourth-order valence-corrected chi connectivity index (χ4v) is 5.54. The highest BCUT2D eigenvalue weighted by atomic mass is 32.2. The van der Waals surface area contributed by atoms with Gasteiger partial charge in [-0.15, -0.1) is 0 Å². The van der Waals surface area contributed by atoms with Crippen LogP contribution in [0.1, 0.15) is 30.5 Å². The van der Waals surface area contributed by atoms with Gasteiger partial charge in [0.25, 0.3) is 10.0 Å². The van der Waals surface area contributed by atoms with E-state index in [1.54, 1.807) is 50.2 Å². The summed E-state index contributed by atoms with van der Waals surface area (Å²) in [6.07, 6.45) is 0. The summed E-state index contributed by atoms with van der Waals surface area (Å²) in [4.78, 5) is 28.2. The van der Waals surface area contributed by atoms with E-state index in [9.17, 15) is 18.0 Å². The lowest BCUT2D eigenvalue weighted by molar-refractivity contribution is -0.139. The van der Waals surface area contributed by atoms with E-state index < -0.39 is 28.5 Å². The Hall–Kier alpha value is -3.85. The summed E-state index contributed by atoms with van der Waals surface area (Å²) in [6, 6.07) is 19.8. The number of rotatable bonds is 11. The number of hydrogen-bond donors (Lipinski definition) is 1. The van der Waals surface area contributed by atoms with Crippen LogP contribution in [0.15, 0.2) is 77.7 Å². The van der Waals surface area contributed by atoms with Gasteiger partial charge in [-0.3, -0.25) is 13.9 Å². The Morgan fingerprint density at radius 2 is 1.63 bits per heavy atom. The van der Waals surface area contributed by atoms with Crippen molar-refractivity contribution in [3.05, 3.63) is 89.5 Å². The smallest absolute Gasteiger partial charge is 0.264 e. The molecule has 2 amide bonds. The van der Waals surface area contributed by atoms with Crippen molar-refractivity contribution in [1.29, 1.82) is 0 Å². The van der Waals surface area contributed by atoms with E-state index in [0.717, 1.165) is 21.0 Å². The Labute approximate surface area is 225 Å². The molecule has 3 aromatic carbocycles. The molecule has 38 heavy (non-hydrogen) atoms. The highest BCUT2D eigenvalue weighted by Crippen LogP contribution is 2.33. The minimum Gasteiger partial charge on any atom is -0.495 e. The molecule has 0 saturated heterocycles. The molecule has 202 valence electrons. The summed E-state index contributed by atoms with van der Waals surface area (Å²) < 4.78 is 34.4. The molecule has 0 aromatic heterocycles. The quantitative estimate of drug-likeness (QED) is 0.398. The maximum Gasteiger partial charge on any atom is 0.264 e. The number of hydrogen-bond acceptors (Lipinski definition) is 5. The first-order valence-corrected chi connectivity index (χ1v) is 13.9. The molecule has 1 N–H and O–H groups in total. The Bertz CT molecular complexity index is 1380. The number of likely N-dealkylation sites (N-methyl/N-ethyl adjacent to an activating group) is 1. The van der Waals surface area contributed by atoms with E-state index in [0.29, 0.717) is 12.3 Å². The first-order chi connectivity index (χ1) is 18.1. The molecule has 3 rings (SSSR count). The molecule has 0 aliphatic rings. The summed E-state index contributed by atoms with van der Waals surface area (Å²) in [5.74, 6) is -0.528. The van der Waals surface area contributed by atoms with Crippen molar-refractivity contribution >= 4 is 27.5 Å². The normalized spacial score (nSPS) is 11.9. The average Bonchev–Trinajstić information content (AvgIpc) is 2.91. The lowest BCUT2D eigenvalue weighted by Crippen LogP contribution is -2.51. The molecule has 0 radical (unpaired) electrons. The molecule has 1 atom stereocenters. The van der Waals surface area contributed by atoms with Crippen LogP contribution in [-0.2, 0) is 26.2 Å². The van der Waals surface area contributed by atoms with Crippen LogP contribution in [0.5, 0.6) is 5.75 Å². The summed E-state index contributed by atoms with van der Waals surface area (Å²) in [7, 11) is -2.71. The van der Waals surface area contributed by atoms with Gasteiger partial charge in [0.2, 0.25) is 11.8 Å². The third kappa shape index (κ3) is 6.52. The second kappa shape index (κ2) is 12.6. The van der Waals surface area contributed by atoms with Gasteiger partial charge in [0.1, 0.15) is 18.3 Å². The fraction of sp³-hybridized carbons (Fsp3) is 0.310. The van der Waals surface area contributed by atoms with Gasteiger partial charge in [-0.2, -0.15) is 0 Å². The second-order valence-electron chi connectivity index (χ2n) is 9.02. The third-order valence-corrected chi connectivity index (χ3v) is 8.11. The molecule has 0 spiro atoms. The van der Waals surface area contributed by atoms with E-state index in [1.165, 1.54) is 24.1 Å². The van der Waals surface area contributed by atoms with Crippen molar-refractivity contribution in [2.24, 2.45) is 0 Å². The number of carbonyl (C=O) groups excluding carboxylic acids is 2. The first kappa shape index (κ1) is 28.7. The first-order valence-electron chi connectivity index (χ1n) is 12.4. The summed E-state index contributed by atoms with van der Waals surface area (Å²) in [5, 5.41) is 2.76. The molecule has 0 fully saturated rings. The molecular weight excluding hydrogens is 502 g/mol. The Morgan fingerprint density at radius 3 is 2.26 bits per heavy atom. The monoisotopic (exact) mass is 537 g/mol. The van der Waals surface area contributed by atoms with Gasteiger partial charge in [-0.25, -0.2) is 8.42 Å². The van der Waals surface area contributed by atoms with Gasteiger partial charge in [-0.1, -0.05) is 48.5 Å². The van der Waals surface area contributed by atoms with Crippen LogP contribution in [0, 0.1) is 13.8 Å². The Balaban J connectivity index is 2.10. The Morgan fingerprint density at radius 1 is 0.974 bits per heavy atom. The molecule has 0 bridgehead atoms. The number of sulfonamides is 1. The highest BCUT2D eigenvalue weighted by Gasteiger charge is 2.33. The number of nitrogens with zero attached hydrogens (tertiary/aromatic N) is 2. The molecule has 0 aliphatic heterocycles. The summed E-state index contributed by atoms with van der Waals surface area (Å²) >= 11 is 0. The van der Waals surface area contributed by atoms with Crippen LogP contribution in [-0.4, -0.2) is 51.4 Å². The van der Waals surface area contributed by atoms with Crippen molar-refractivity contribution < 1.29 is 22.7 Å². The highest BCUT2D eigenvalue weighted by molar-refractivity contribution is 7.92. The van der Waals surface area contributed by atoms with Crippen molar-refractivity contribution in [3.63, 3.8) is 0 Å². The minimum atomic E-state index is -4.16. The molecule has 8 nitrogen and oxygen atoms in total. The number of methoxy groups -OCH3 is 1. The van der Waals surface area contributed by atoms with Gasteiger partial charge in [0.15, 0.2) is 0 Å². The van der Waals surface area contributed by atoms with Crippen molar-refractivity contribution in [3.8, 4) is 5.75 Å². The molecule has 0 unspecified atom stereocenters. The molecule has 3 aromatic rings. The van der Waals surface area contributed by atoms with Gasteiger partial charge in [0.05, 0.1) is 17.7 Å². The zero-order chi connectivity index (χ0) is 27.9. The van der Waals surface area contributed by atoms with Crippen LogP contribution < -0.4 is 14.4 Å². The molecular formula is C29H35N3O5S. The number of amides is 2. The predicted octanol–water partition coefficient (Wildman–Crippen LogP) is 4.06. The maximum atomic E-state index is 14.0. The zero-order valence-electron chi connectivity index (χ0n) is 22.5. The third-order valence-electron chi connectivity index (χ3n) is 6.33. The number of carbonyl (C=O) groups is 2. The van der Waals surface area contributed by atoms with Crippen molar-refractivity contribution in [2.45, 2.75) is 45.2 Å². The lowest BCUT2D eigenvalue weighted by atomic mass is 10.1. The van der Waals surface area contributed by atoms with Gasteiger partial charge in [0, 0.05) is 13.1 Å². The van der Waals surface area contributed by atoms with Crippen LogP contribution in [0.2, 0.25) is 0 Å². The van der Waals surface area contributed by atoms with Crippen molar-refractivity contribution in [2.75, 3.05) is 24.5 Å². The van der Waals surface area contributed by atoms with Crippen LogP contribution in [0.3, 0.4) is 0 Å². The maximum absolute atomic E-state index is 14.0. The number of nitrogens with one attached hydrogen (secondary N) is 1. The molecule has 9 heteroatoms. The average molecular weight is 538 g/mol. The topological polar surface area (TPSA) is 96.0 Å². The van der Waals surface area contributed by atoms with Crippen molar-refractivity contribution in [1.82, 2.24) is 10.2 Å². The molecule has 0 saturated carbocycles. The van der Waals surface area contributed by atoms with Crippen LogP contribution in [0.25, 0.3) is 0 Å². The van der Waals surface area contributed by atoms with E-state index >= 15 is 0 Å². The lowest BCUT2D eigenvalue weighted by Gasteiger charge is -2.32. The Kier molecular flexibility index (Phi) is 9.52. The van der Waals surface area contributed by atoms with E-state index in [2.05, 4.69) is 5.32 Å². The van der Waals surface area contributed by atoms with Crippen LogP contribution in [0.4, 0.5) is 5.69 Å². The van der Waals surface area contributed by atoms with Gasteiger partial charge in [-0.05, 0) is 68.7 Å². The fourth-order valence-electron chi connectivity index (χ4n) is 4.10. The van der Waals surface area contributed by atoms with Gasteiger partial charge >= 0.3 is 0 Å². The van der Waals surface area contributed by atoms with E-state index in [1.807, 2.05) is 38.1 Å². The number of anilines is 1.